The molecule has 5 nitrogen and oxygen atoms in total. The van der Waals surface area contributed by atoms with Crippen LogP contribution >= 0.6 is 0 Å². The molecule has 0 aromatic heterocycles. The third kappa shape index (κ3) is 2.74. The van der Waals surface area contributed by atoms with Gasteiger partial charge < -0.3 is 9.64 Å². The predicted octanol–water partition coefficient (Wildman–Crippen LogP) is -0.189. The van der Waals surface area contributed by atoms with Crippen molar-refractivity contribution in [3.8, 4) is 0 Å². The van der Waals surface area contributed by atoms with Crippen molar-refractivity contribution in [3.63, 3.8) is 0 Å². The number of ether oxygens (including phenoxy) is 1. The Bertz CT molecular complexity index is 348. The maximum absolute atomic E-state index is 11.3. The molecule has 1 amide bonds. The normalized spacial score (nSPS) is 32.8. The Kier molecular flexibility index (Phi) is 3.49. The number of rotatable bonds is 4. The molecule has 0 aromatic carbocycles. The maximum atomic E-state index is 11.3. The van der Waals surface area contributed by atoms with E-state index in [1.807, 2.05) is 0 Å². The van der Waals surface area contributed by atoms with Crippen molar-refractivity contribution in [2.24, 2.45) is 0 Å². The first-order valence-corrected chi connectivity index (χ1v) is 7.46. The van der Waals surface area contributed by atoms with Crippen LogP contribution in [0.5, 0.6) is 0 Å². The van der Waals surface area contributed by atoms with Crippen molar-refractivity contribution in [2.75, 3.05) is 24.7 Å². The number of nitrogens with zero attached hydrogens (tertiary/aromatic N) is 1. The molecule has 16 heavy (non-hydrogen) atoms. The van der Waals surface area contributed by atoms with E-state index in [1.165, 1.54) is 0 Å². The molecule has 0 unspecified atom stereocenters. The van der Waals surface area contributed by atoms with Crippen LogP contribution in [0.4, 0.5) is 0 Å². The van der Waals surface area contributed by atoms with Gasteiger partial charge in [-0.2, -0.15) is 0 Å². The molecule has 0 bridgehead atoms. The molecule has 2 aliphatic rings. The minimum atomic E-state index is -2.93. The van der Waals surface area contributed by atoms with Gasteiger partial charge in [-0.3, -0.25) is 4.79 Å². The summed E-state index contributed by atoms with van der Waals surface area (Å²) in [5.41, 5.74) is 0. The molecule has 0 radical (unpaired) electrons. The SMILES string of the molecule is O=CN(C[C@H]1CCCO1)[C@@H]1CCS(=O)(=O)C1. The second kappa shape index (κ2) is 4.71. The zero-order valence-corrected chi connectivity index (χ0v) is 9.99. The van der Waals surface area contributed by atoms with Crippen molar-refractivity contribution in [3.05, 3.63) is 0 Å². The summed E-state index contributed by atoms with van der Waals surface area (Å²) in [6, 6.07) is -0.147. The number of carbonyl (C=O) groups excluding carboxylic acids is 1. The van der Waals surface area contributed by atoms with Crippen LogP contribution in [-0.2, 0) is 19.4 Å². The van der Waals surface area contributed by atoms with Crippen LogP contribution in [0, 0.1) is 0 Å². The lowest BCUT2D eigenvalue weighted by Gasteiger charge is -2.26. The molecule has 0 N–H and O–H groups in total. The highest BCUT2D eigenvalue weighted by atomic mass is 32.2. The van der Waals surface area contributed by atoms with Gasteiger partial charge in [-0.15, -0.1) is 0 Å². The summed E-state index contributed by atoms with van der Waals surface area (Å²) in [6.07, 6.45) is 3.40. The van der Waals surface area contributed by atoms with E-state index in [0.717, 1.165) is 25.9 Å². The van der Waals surface area contributed by atoms with E-state index < -0.39 is 9.84 Å². The smallest absolute Gasteiger partial charge is 0.210 e. The van der Waals surface area contributed by atoms with Gasteiger partial charge in [0.2, 0.25) is 6.41 Å². The molecule has 2 fully saturated rings. The van der Waals surface area contributed by atoms with E-state index in [0.29, 0.717) is 13.0 Å². The highest BCUT2D eigenvalue weighted by Crippen LogP contribution is 2.19. The van der Waals surface area contributed by atoms with Crippen LogP contribution in [0.15, 0.2) is 0 Å². The molecular weight excluding hydrogens is 230 g/mol. The first kappa shape index (κ1) is 11.9. The van der Waals surface area contributed by atoms with E-state index in [2.05, 4.69) is 0 Å². The summed E-state index contributed by atoms with van der Waals surface area (Å²) < 4.78 is 28.1. The van der Waals surface area contributed by atoms with Gasteiger partial charge in [-0.05, 0) is 19.3 Å². The summed E-state index contributed by atoms with van der Waals surface area (Å²) in [5, 5.41) is 0. The Labute approximate surface area is 95.7 Å². The van der Waals surface area contributed by atoms with E-state index in [9.17, 15) is 13.2 Å². The predicted molar refractivity (Wildman–Crippen MR) is 58.8 cm³/mol. The maximum Gasteiger partial charge on any atom is 0.210 e. The molecule has 2 rings (SSSR count). The van der Waals surface area contributed by atoms with E-state index in [1.54, 1.807) is 4.90 Å². The first-order valence-electron chi connectivity index (χ1n) is 5.64. The fourth-order valence-corrected chi connectivity index (χ4v) is 4.08. The largest absolute Gasteiger partial charge is 0.376 e. The minimum absolute atomic E-state index is 0.0912. The Hall–Kier alpha value is -0.620. The van der Waals surface area contributed by atoms with Gasteiger partial charge in [-0.25, -0.2) is 8.42 Å². The summed E-state index contributed by atoms with van der Waals surface area (Å²) in [6.45, 7) is 1.28. The van der Waals surface area contributed by atoms with Crippen LogP contribution in [-0.4, -0.2) is 56.5 Å². The van der Waals surface area contributed by atoms with Gasteiger partial charge in [0, 0.05) is 19.2 Å². The molecular formula is C10H17NO4S. The van der Waals surface area contributed by atoms with E-state index in [4.69, 9.17) is 4.74 Å². The van der Waals surface area contributed by atoms with E-state index >= 15 is 0 Å². The summed E-state index contributed by atoms with van der Waals surface area (Å²) in [7, 11) is -2.93. The van der Waals surface area contributed by atoms with Crippen LogP contribution in [0.2, 0.25) is 0 Å². The lowest BCUT2D eigenvalue weighted by atomic mass is 10.2. The molecule has 2 aliphatic heterocycles. The lowest BCUT2D eigenvalue weighted by molar-refractivity contribution is -0.121. The summed E-state index contributed by atoms with van der Waals surface area (Å²) >= 11 is 0. The van der Waals surface area contributed by atoms with Gasteiger partial charge in [-0.1, -0.05) is 0 Å². The van der Waals surface area contributed by atoms with Crippen molar-refractivity contribution >= 4 is 16.2 Å². The minimum Gasteiger partial charge on any atom is -0.376 e. The molecule has 0 aromatic rings. The standard InChI is InChI=1S/C10H17NO4S/c12-8-11(6-10-2-1-4-15-10)9-3-5-16(13,14)7-9/h8-10H,1-7H2/t9-,10-/m1/s1. The fourth-order valence-electron chi connectivity index (χ4n) is 2.34. The van der Waals surface area contributed by atoms with Crippen molar-refractivity contribution in [1.29, 1.82) is 0 Å². The first-order chi connectivity index (χ1) is 7.61. The Morgan fingerprint density at radius 3 is 2.69 bits per heavy atom. The van der Waals surface area contributed by atoms with Crippen molar-refractivity contribution < 1.29 is 17.9 Å². The summed E-state index contributed by atoms with van der Waals surface area (Å²) in [5.74, 6) is 0.311. The third-order valence-corrected chi connectivity index (χ3v) is 5.00. The highest BCUT2D eigenvalue weighted by Gasteiger charge is 2.33. The van der Waals surface area contributed by atoms with Crippen LogP contribution in [0.1, 0.15) is 19.3 Å². The van der Waals surface area contributed by atoms with Crippen LogP contribution in [0.3, 0.4) is 0 Å². The quantitative estimate of drug-likeness (QED) is 0.646. The van der Waals surface area contributed by atoms with Crippen molar-refractivity contribution in [1.82, 2.24) is 4.90 Å². The van der Waals surface area contributed by atoms with Gasteiger partial charge >= 0.3 is 0 Å². The molecule has 2 saturated heterocycles. The highest BCUT2D eigenvalue weighted by molar-refractivity contribution is 7.91. The number of hydrogen-bond acceptors (Lipinski definition) is 4. The second-order valence-electron chi connectivity index (χ2n) is 4.49. The lowest BCUT2D eigenvalue weighted by Crippen LogP contribution is -2.40. The van der Waals surface area contributed by atoms with Gasteiger partial charge in [0.05, 0.1) is 17.6 Å². The van der Waals surface area contributed by atoms with Crippen LogP contribution in [0.25, 0.3) is 0 Å². The second-order valence-corrected chi connectivity index (χ2v) is 6.72. The fraction of sp³-hybridized carbons (Fsp3) is 0.900. The number of carbonyl (C=O) groups is 1. The zero-order valence-electron chi connectivity index (χ0n) is 9.17. The molecule has 6 heteroatoms. The van der Waals surface area contributed by atoms with Crippen molar-refractivity contribution in [2.45, 2.75) is 31.4 Å². The zero-order chi connectivity index (χ0) is 11.6. The summed E-state index contributed by atoms with van der Waals surface area (Å²) in [4.78, 5) is 12.6. The van der Waals surface area contributed by atoms with Gasteiger partial charge in [0.1, 0.15) is 0 Å². The van der Waals surface area contributed by atoms with Gasteiger partial charge in [0.25, 0.3) is 0 Å². The Morgan fingerprint density at radius 1 is 1.38 bits per heavy atom. The molecule has 0 spiro atoms. The average Bonchev–Trinajstić information content (AvgIpc) is 2.83. The number of amides is 1. The van der Waals surface area contributed by atoms with Crippen LogP contribution < -0.4 is 0 Å². The monoisotopic (exact) mass is 247 g/mol. The Morgan fingerprint density at radius 2 is 2.19 bits per heavy atom. The third-order valence-electron chi connectivity index (χ3n) is 3.25. The molecule has 2 atom stereocenters. The Balaban J connectivity index is 1.92. The average molecular weight is 247 g/mol. The molecule has 2 heterocycles. The number of hydrogen-bond donors (Lipinski definition) is 0. The van der Waals surface area contributed by atoms with Gasteiger partial charge in [0.15, 0.2) is 9.84 Å². The van der Waals surface area contributed by atoms with E-state index in [-0.39, 0.29) is 23.7 Å². The molecule has 92 valence electrons. The topological polar surface area (TPSA) is 63.7 Å². The number of sulfone groups is 1. The molecule has 0 aliphatic carbocycles. The molecule has 0 saturated carbocycles.